The lowest BCUT2D eigenvalue weighted by molar-refractivity contribution is -0.169. The molecule has 1 aliphatic carbocycles. The Balaban J connectivity index is 2.05. The summed E-state index contributed by atoms with van der Waals surface area (Å²) in [6, 6.07) is 0. The number of nitrogens with zero attached hydrogens (tertiary/aromatic N) is 1. The van der Waals surface area contributed by atoms with Crippen LogP contribution in [0.1, 0.15) is 46.0 Å². The minimum Gasteiger partial charge on any atom is -0.496 e. The van der Waals surface area contributed by atoms with E-state index in [0.29, 0.717) is 43.4 Å². The van der Waals surface area contributed by atoms with Crippen molar-refractivity contribution in [1.82, 2.24) is 4.90 Å². The minimum absolute atomic E-state index is 0.0282. The molecule has 128 valence electrons. The molecule has 0 aromatic rings. The fraction of sp³-hybridized carbons (Fsp3) is 0.611. The summed E-state index contributed by atoms with van der Waals surface area (Å²) < 4.78 is 11.3. The second kappa shape index (κ2) is 4.71. The van der Waals surface area contributed by atoms with Crippen molar-refractivity contribution in [2.45, 2.75) is 57.1 Å². The fourth-order valence-electron chi connectivity index (χ4n) is 5.23. The lowest BCUT2D eigenvalue weighted by Gasteiger charge is -2.45. The summed E-state index contributed by atoms with van der Waals surface area (Å²) in [5.74, 6) is -0.470. The first kappa shape index (κ1) is 15.4. The Morgan fingerprint density at radius 1 is 1.08 bits per heavy atom. The largest absolute Gasteiger partial charge is 0.496 e. The van der Waals surface area contributed by atoms with E-state index in [0.717, 1.165) is 12.0 Å². The molecular formula is C18H21NO5. The van der Waals surface area contributed by atoms with Gasteiger partial charge in [0.25, 0.3) is 5.60 Å². The Morgan fingerprint density at radius 2 is 1.83 bits per heavy atom. The Kier molecular flexibility index (Phi) is 3.03. The smallest absolute Gasteiger partial charge is 0.338 e. The number of Topliss-reactive ketones (excluding diaryl/α,β-unsaturated/α-hetero) is 1. The molecule has 2 atom stereocenters. The van der Waals surface area contributed by atoms with Crippen LogP contribution in [0.2, 0.25) is 0 Å². The predicted octanol–water partition coefficient (Wildman–Crippen LogP) is 1.65. The van der Waals surface area contributed by atoms with Crippen molar-refractivity contribution in [3.05, 3.63) is 22.5 Å². The summed E-state index contributed by atoms with van der Waals surface area (Å²) in [6.07, 6.45) is 3.25. The Morgan fingerprint density at radius 3 is 2.54 bits per heavy atom. The van der Waals surface area contributed by atoms with Gasteiger partial charge in [-0.1, -0.05) is 0 Å². The molecule has 0 bridgehead atoms. The average molecular weight is 331 g/mol. The fourth-order valence-corrected chi connectivity index (χ4v) is 5.23. The highest BCUT2D eigenvalue weighted by atomic mass is 16.6. The zero-order chi connectivity index (χ0) is 17.3. The van der Waals surface area contributed by atoms with Crippen molar-refractivity contribution >= 4 is 17.7 Å². The topological polar surface area (TPSA) is 72.9 Å². The monoisotopic (exact) mass is 331 g/mol. The summed E-state index contributed by atoms with van der Waals surface area (Å²) in [7, 11) is 1.46. The number of hydrogen-bond donors (Lipinski definition) is 0. The van der Waals surface area contributed by atoms with Crippen LogP contribution >= 0.6 is 0 Å². The van der Waals surface area contributed by atoms with Crippen molar-refractivity contribution in [1.29, 1.82) is 0 Å². The maximum Gasteiger partial charge on any atom is 0.338 e. The van der Waals surface area contributed by atoms with Crippen molar-refractivity contribution in [3.8, 4) is 0 Å². The number of ether oxygens (including phenoxy) is 2. The molecule has 4 rings (SSSR count). The van der Waals surface area contributed by atoms with Crippen molar-refractivity contribution in [2.24, 2.45) is 0 Å². The van der Waals surface area contributed by atoms with Crippen LogP contribution in [-0.4, -0.2) is 47.4 Å². The third kappa shape index (κ3) is 1.41. The van der Waals surface area contributed by atoms with Gasteiger partial charge in [-0.3, -0.25) is 9.59 Å². The lowest BCUT2D eigenvalue weighted by atomic mass is 9.73. The normalized spacial score (nSPS) is 35.6. The van der Waals surface area contributed by atoms with E-state index in [1.807, 2.05) is 0 Å². The van der Waals surface area contributed by atoms with E-state index in [-0.39, 0.29) is 17.4 Å². The summed E-state index contributed by atoms with van der Waals surface area (Å²) in [4.78, 5) is 40.2. The van der Waals surface area contributed by atoms with Crippen LogP contribution in [0.3, 0.4) is 0 Å². The molecule has 0 aromatic carbocycles. The van der Waals surface area contributed by atoms with Gasteiger partial charge in [-0.05, 0) is 50.7 Å². The van der Waals surface area contributed by atoms with E-state index < -0.39 is 17.1 Å². The second-order valence-electron chi connectivity index (χ2n) is 7.02. The number of methoxy groups -OCH3 is 1. The van der Waals surface area contributed by atoms with Gasteiger partial charge in [-0.15, -0.1) is 0 Å². The SMILES string of the molecule is COC1=C(C)C(=O)O[C@]12C(=O)C(C)=C1CCCC(=O)N3CCC[C@@]132. The molecule has 0 aromatic heterocycles. The lowest BCUT2D eigenvalue weighted by Crippen LogP contribution is -2.65. The summed E-state index contributed by atoms with van der Waals surface area (Å²) in [5.41, 5.74) is -0.543. The van der Waals surface area contributed by atoms with Crippen molar-refractivity contribution < 1.29 is 23.9 Å². The minimum atomic E-state index is -1.53. The molecule has 3 heterocycles. The molecule has 0 N–H and O–H groups in total. The molecular weight excluding hydrogens is 310 g/mol. The molecule has 2 spiro atoms. The van der Waals surface area contributed by atoms with E-state index in [1.54, 1.807) is 18.7 Å². The first-order chi connectivity index (χ1) is 11.4. The highest BCUT2D eigenvalue weighted by molar-refractivity contribution is 6.14. The molecule has 0 radical (unpaired) electrons. The standard InChI is InChI=1S/C18H21NO5/c1-10-12-6-4-7-13(20)19-9-5-8-17(12,19)18(14(10)21)15(23-3)11(2)16(22)24-18/h4-9H2,1-3H3/t17-,18+/m0/s1. The van der Waals surface area contributed by atoms with Gasteiger partial charge < -0.3 is 14.4 Å². The van der Waals surface area contributed by atoms with Gasteiger partial charge in [-0.25, -0.2) is 4.79 Å². The van der Waals surface area contributed by atoms with E-state index >= 15 is 0 Å². The molecule has 2 fully saturated rings. The van der Waals surface area contributed by atoms with E-state index in [1.165, 1.54) is 7.11 Å². The number of carbonyl (C=O) groups excluding carboxylic acids is 3. The third-order valence-electron chi connectivity index (χ3n) is 6.11. The van der Waals surface area contributed by atoms with Crippen LogP contribution in [0.25, 0.3) is 0 Å². The second-order valence-corrected chi connectivity index (χ2v) is 7.02. The molecule has 4 aliphatic rings. The number of ketones is 1. The quantitative estimate of drug-likeness (QED) is 0.683. The van der Waals surface area contributed by atoms with Gasteiger partial charge in [0, 0.05) is 13.0 Å². The summed E-state index contributed by atoms with van der Waals surface area (Å²) >= 11 is 0. The maximum absolute atomic E-state index is 13.3. The molecule has 3 aliphatic heterocycles. The number of rotatable bonds is 1. The zero-order valence-corrected chi connectivity index (χ0v) is 14.2. The van der Waals surface area contributed by atoms with Gasteiger partial charge in [0.1, 0.15) is 5.54 Å². The van der Waals surface area contributed by atoms with Gasteiger partial charge in [0.15, 0.2) is 5.76 Å². The van der Waals surface area contributed by atoms with Gasteiger partial charge in [-0.2, -0.15) is 0 Å². The number of hydrogen-bond acceptors (Lipinski definition) is 5. The van der Waals surface area contributed by atoms with Crippen molar-refractivity contribution in [2.75, 3.05) is 13.7 Å². The molecule has 0 unspecified atom stereocenters. The van der Waals surface area contributed by atoms with Gasteiger partial charge >= 0.3 is 5.97 Å². The maximum atomic E-state index is 13.3. The van der Waals surface area contributed by atoms with E-state index in [9.17, 15) is 14.4 Å². The van der Waals surface area contributed by atoms with Crippen LogP contribution < -0.4 is 0 Å². The highest BCUT2D eigenvalue weighted by Crippen LogP contribution is 2.60. The van der Waals surface area contributed by atoms with E-state index in [2.05, 4.69) is 0 Å². The predicted molar refractivity (Wildman–Crippen MR) is 83.8 cm³/mol. The Labute approximate surface area is 140 Å². The summed E-state index contributed by atoms with van der Waals surface area (Å²) in [6.45, 7) is 3.98. The van der Waals surface area contributed by atoms with Gasteiger partial charge in [0.05, 0.1) is 12.7 Å². The molecule has 0 saturated carbocycles. The first-order valence-corrected chi connectivity index (χ1v) is 8.46. The third-order valence-corrected chi connectivity index (χ3v) is 6.11. The molecule has 6 heteroatoms. The van der Waals surface area contributed by atoms with Crippen LogP contribution in [-0.2, 0) is 23.9 Å². The Bertz CT molecular complexity index is 749. The number of esters is 1. The number of amides is 1. The molecule has 1 amide bonds. The first-order valence-electron chi connectivity index (χ1n) is 8.46. The average Bonchev–Trinajstić information content (AvgIpc) is 3.12. The van der Waals surface area contributed by atoms with Crippen LogP contribution in [0, 0.1) is 0 Å². The van der Waals surface area contributed by atoms with Crippen LogP contribution in [0.5, 0.6) is 0 Å². The molecule has 24 heavy (non-hydrogen) atoms. The Hall–Kier alpha value is -2.11. The molecule has 2 saturated heterocycles. The van der Waals surface area contributed by atoms with E-state index in [4.69, 9.17) is 9.47 Å². The number of carbonyl (C=O) groups is 3. The van der Waals surface area contributed by atoms with Gasteiger partial charge in [0.2, 0.25) is 11.7 Å². The molecule has 6 nitrogen and oxygen atoms in total. The van der Waals surface area contributed by atoms with Crippen molar-refractivity contribution in [3.63, 3.8) is 0 Å². The van der Waals surface area contributed by atoms with Crippen LogP contribution in [0.4, 0.5) is 0 Å². The summed E-state index contributed by atoms with van der Waals surface area (Å²) in [5, 5.41) is 0. The zero-order valence-electron chi connectivity index (χ0n) is 14.2. The highest BCUT2D eigenvalue weighted by Gasteiger charge is 2.75. The van der Waals surface area contributed by atoms with Crippen LogP contribution in [0.15, 0.2) is 22.5 Å².